The van der Waals surface area contributed by atoms with Gasteiger partial charge in [0.2, 0.25) is 0 Å². The Balaban J connectivity index is 2.09. The van der Waals surface area contributed by atoms with Crippen molar-refractivity contribution in [2.45, 2.75) is 18.8 Å². The third-order valence-electron chi connectivity index (χ3n) is 3.21. The van der Waals surface area contributed by atoms with Crippen molar-refractivity contribution in [1.29, 1.82) is 0 Å². The Hall–Kier alpha value is -1.56. The van der Waals surface area contributed by atoms with E-state index >= 15 is 0 Å². The van der Waals surface area contributed by atoms with Crippen LogP contribution in [0.2, 0.25) is 0 Å². The summed E-state index contributed by atoms with van der Waals surface area (Å²) in [6.45, 7) is 0. The Bertz CT molecular complexity index is 508. The van der Waals surface area contributed by atoms with Crippen LogP contribution in [0.4, 0.5) is 0 Å². The molecule has 0 saturated heterocycles. The molecule has 0 unspecified atom stereocenters. The minimum atomic E-state index is 0.648. The Kier molecular flexibility index (Phi) is 2.06. The van der Waals surface area contributed by atoms with E-state index in [2.05, 4.69) is 54.6 Å². The molecular weight excluding hydrogens is 180 g/mol. The van der Waals surface area contributed by atoms with Gasteiger partial charge < -0.3 is 0 Å². The molecule has 0 bridgehead atoms. The van der Waals surface area contributed by atoms with E-state index in [1.54, 1.807) is 0 Å². The minimum absolute atomic E-state index is 0.648. The van der Waals surface area contributed by atoms with Crippen molar-refractivity contribution >= 4 is 10.8 Å². The summed E-state index contributed by atoms with van der Waals surface area (Å²) in [7, 11) is 0. The third kappa shape index (κ3) is 1.56. The molecule has 0 N–H and O–H groups in total. The summed E-state index contributed by atoms with van der Waals surface area (Å²) in [6, 6.07) is 15.4. The molecule has 0 radical (unpaired) electrons. The summed E-state index contributed by atoms with van der Waals surface area (Å²) < 4.78 is 0. The lowest BCUT2D eigenvalue weighted by molar-refractivity contribution is 0.802. The summed E-state index contributed by atoms with van der Waals surface area (Å²) in [5.74, 6) is 0.648. The molecular formula is C15H14. The molecule has 2 aromatic carbocycles. The molecule has 2 aromatic rings. The van der Waals surface area contributed by atoms with Crippen LogP contribution in [-0.2, 0) is 0 Å². The van der Waals surface area contributed by atoms with Gasteiger partial charge in [-0.15, -0.1) is 0 Å². The van der Waals surface area contributed by atoms with Crippen LogP contribution in [0.5, 0.6) is 0 Å². The molecule has 0 spiro atoms. The first kappa shape index (κ1) is 8.72. The average molecular weight is 194 g/mol. The summed E-state index contributed by atoms with van der Waals surface area (Å²) in [4.78, 5) is 0. The summed E-state index contributed by atoms with van der Waals surface area (Å²) in [5.41, 5.74) is 1.46. The number of hydrogen-bond donors (Lipinski definition) is 0. The monoisotopic (exact) mass is 194 g/mol. The average Bonchev–Trinajstić information content (AvgIpc) is 2.82. The first-order valence-corrected chi connectivity index (χ1v) is 5.59. The van der Waals surface area contributed by atoms with Crippen molar-refractivity contribution in [2.75, 3.05) is 0 Å². The van der Waals surface area contributed by atoms with Gasteiger partial charge in [-0.3, -0.25) is 0 Å². The van der Waals surface area contributed by atoms with Crippen molar-refractivity contribution in [2.24, 2.45) is 0 Å². The summed E-state index contributed by atoms with van der Waals surface area (Å²) in [5, 5.41) is 2.69. The Morgan fingerprint density at radius 1 is 0.933 bits per heavy atom. The van der Waals surface area contributed by atoms with Gasteiger partial charge in [-0.05, 0) is 29.2 Å². The Morgan fingerprint density at radius 2 is 1.80 bits per heavy atom. The molecule has 0 saturated carbocycles. The van der Waals surface area contributed by atoms with Crippen molar-refractivity contribution in [3.05, 3.63) is 60.2 Å². The highest BCUT2D eigenvalue weighted by molar-refractivity contribution is 5.83. The van der Waals surface area contributed by atoms with Crippen LogP contribution >= 0.6 is 0 Å². The Morgan fingerprint density at radius 3 is 2.60 bits per heavy atom. The minimum Gasteiger partial charge on any atom is -0.0879 e. The van der Waals surface area contributed by atoms with Gasteiger partial charge in [0.05, 0.1) is 0 Å². The molecule has 1 atom stereocenters. The normalized spacial score (nSPS) is 19.9. The van der Waals surface area contributed by atoms with Crippen LogP contribution in [0.15, 0.2) is 54.6 Å². The molecule has 0 nitrogen and oxygen atoms in total. The van der Waals surface area contributed by atoms with Gasteiger partial charge in [-0.1, -0.05) is 54.6 Å². The maximum absolute atomic E-state index is 2.34. The number of benzene rings is 2. The van der Waals surface area contributed by atoms with Crippen LogP contribution in [0.3, 0.4) is 0 Å². The van der Waals surface area contributed by atoms with Gasteiger partial charge in [-0.2, -0.15) is 0 Å². The predicted octanol–water partition coefficient (Wildman–Crippen LogP) is 4.27. The van der Waals surface area contributed by atoms with Gasteiger partial charge >= 0.3 is 0 Å². The smallest absolute Gasteiger partial charge is 0.00211 e. The van der Waals surface area contributed by atoms with E-state index in [1.807, 2.05) is 0 Å². The predicted molar refractivity (Wildman–Crippen MR) is 65.1 cm³/mol. The van der Waals surface area contributed by atoms with Crippen molar-refractivity contribution in [3.8, 4) is 0 Å². The second kappa shape index (κ2) is 3.54. The lowest BCUT2D eigenvalue weighted by atomic mass is 9.96. The van der Waals surface area contributed by atoms with E-state index < -0.39 is 0 Å². The molecule has 0 amide bonds. The van der Waals surface area contributed by atoms with Gasteiger partial charge in [0, 0.05) is 5.92 Å². The lowest BCUT2D eigenvalue weighted by Crippen LogP contribution is -1.90. The largest absolute Gasteiger partial charge is 0.0879 e. The molecule has 1 aliphatic rings. The van der Waals surface area contributed by atoms with Crippen LogP contribution < -0.4 is 0 Å². The fraction of sp³-hybridized carbons (Fsp3) is 0.200. The van der Waals surface area contributed by atoms with Crippen molar-refractivity contribution < 1.29 is 0 Å². The lowest BCUT2D eigenvalue weighted by Gasteiger charge is -2.09. The van der Waals surface area contributed by atoms with Gasteiger partial charge in [0.15, 0.2) is 0 Å². The van der Waals surface area contributed by atoms with Crippen LogP contribution in [-0.4, -0.2) is 0 Å². The highest BCUT2D eigenvalue weighted by atomic mass is 14.2. The van der Waals surface area contributed by atoms with Gasteiger partial charge in [-0.25, -0.2) is 0 Å². The number of hydrogen-bond acceptors (Lipinski definition) is 0. The highest BCUT2D eigenvalue weighted by Crippen LogP contribution is 2.30. The number of rotatable bonds is 1. The summed E-state index contributed by atoms with van der Waals surface area (Å²) >= 11 is 0. The van der Waals surface area contributed by atoms with E-state index in [0.29, 0.717) is 5.92 Å². The standard InChI is InChI=1S/C15H14/c1-2-6-12(5-1)15-10-9-13-7-3-4-8-14(13)11-15/h1,3-5,7-12H,2,6H2/t12-/m1/s1. The first-order valence-electron chi connectivity index (χ1n) is 5.59. The molecule has 0 aromatic heterocycles. The quantitative estimate of drug-likeness (QED) is 0.594. The van der Waals surface area contributed by atoms with Gasteiger partial charge in [0.1, 0.15) is 0 Å². The molecule has 0 fully saturated rings. The van der Waals surface area contributed by atoms with E-state index in [4.69, 9.17) is 0 Å². The molecule has 0 heteroatoms. The first-order chi connectivity index (χ1) is 7.43. The number of fused-ring (bicyclic) bond motifs is 1. The molecule has 15 heavy (non-hydrogen) atoms. The van der Waals surface area contributed by atoms with Crippen molar-refractivity contribution in [3.63, 3.8) is 0 Å². The highest BCUT2D eigenvalue weighted by Gasteiger charge is 2.11. The fourth-order valence-electron chi connectivity index (χ4n) is 2.35. The van der Waals surface area contributed by atoms with E-state index in [9.17, 15) is 0 Å². The zero-order valence-corrected chi connectivity index (χ0v) is 8.69. The summed E-state index contributed by atoms with van der Waals surface area (Å²) in [6.07, 6.45) is 7.14. The molecule has 74 valence electrons. The number of allylic oxidation sites excluding steroid dienone is 2. The van der Waals surface area contributed by atoms with E-state index in [-0.39, 0.29) is 0 Å². The van der Waals surface area contributed by atoms with Crippen LogP contribution in [0, 0.1) is 0 Å². The second-order valence-corrected chi connectivity index (χ2v) is 4.22. The SMILES string of the molecule is C1=C[C@@H](c2ccc3ccccc3c2)CC1. The van der Waals surface area contributed by atoms with E-state index in [0.717, 1.165) is 0 Å². The second-order valence-electron chi connectivity index (χ2n) is 4.22. The maximum Gasteiger partial charge on any atom is 0.00211 e. The van der Waals surface area contributed by atoms with E-state index in [1.165, 1.54) is 29.2 Å². The van der Waals surface area contributed by atoms with Crippen LogP contribution in [0.25, 0.3) is 10.8 Å². The van der Waals surface area contributed by atoms with Crippen LogP contribution in [0.1, 0.15) is 24.3 Å². The fourth-order valence-corrected chi connectivity index (χ4v) is 2.35. The molecule has 0 aliphatic heterocycles. The molecule has 0 heterocycles. The molecule has 1 aliphatic carbocycles. The topological polar surface area (TPSA) is 0 Å². The van der Waals surface area contributed by atoms with Crippen molar-refractivity contribution in [1.82, 2.24) is 0 Å². The van der Waals surface area contributed by atoms with Gasteiger partial charge in [0.25, 0.3) is 0 Å². The zero-order chi connectivity index (χ0) is 10.1. The zero-order valence-electron chi connectivity index (χ0n) is 8.69. The maximum atomic E-state index is 2.34. The molecule has 3 rings (SSSR count). The Labute approximate surface area is 90.2 Å². The third-order valence-corrected chi connectivity index (χ3v) is 3.21.